The Kier molecular flexibility index (Phi) is 6.54. The Balaban J connectivity index is 1.96. The highest BCUT2D eigenvalue weighted by molar-refractivity contribution is 7.61. The number of nitrogens with zero attached hydrogens (tertiary/aromatic N) is 1. The van der Waals surface area contributed by atoms with Crippen LogP contribution in [0.4, 0.5) is 0 Å². The number of aryl methyl sites for hydroxylation is 1. The molecule has 14 heteroatoms. The number of rotatable bonds is 8. The lowest BCUT2D eigenvalue weighted by atomic mass is 10.3. The van der Waals surface area contributed by atoms with E-state index in [0.717, 1.165) is 4.57 Å². The largest absolute Gasteiger partial charge is 0.481 e. The molecule has 0 saturated heterocycles. The van der Waals surface area contributed by atoms with Crippen molar-refractivity contribution in [3.8, 4) is 0 Å². The van der Waals surface area contributed by atoms with Crippen LogP contribution in [0.25, 0.3) is 0 Å². The number of hydrogen-bond donors (Lipinski definition) is 3. The summed E-state index contributed by atoms with van der Waals surface area (Å²) in [6.07, 6.45) is 2.54. The Morgan fingerprint density at radius 3 is 2.54 bits per heavy atom. The molecule has 0 amide bonds. The number of aromatic amines is 1. The third kappa shape index (κ3) is 5.57. The lowest BCUT2D eigenvalue weighted by Crippen LogP contribution is -2.33. The van der Waals surface area contributed by atoms with Crippen LogP contribution in [0.3, 0.4) is 0 Å². The van der Waals surface area contributed by atoms with Gasteiger partial charge in [-0.2, -0.15) is 4.31 Å². The summed E-state index contributed by atoms with van der Waals surface area (Å²) < 4.78 is 42.6. The van der Waals surface area contributed by atoms with Gasteiger partial charge < -0.3 is 14.5 Å². The fourth-order valence-corrected chi connectivity index (χ4v) is 4.11. The van der Waals surface area contributed by atoms with Gasteiger partial charge in [-0.25, -0.2) is 13.9 Å². The van der Waals surface area contributed by atoms with Gasteiger partial charge in [0, 0.05) is 11.8 Å². The average molecular weight is 412 g/mol. The molecular weight excluding hydrogens is 394 g/mol. The van der Waals surface area contributed by atoms with Gasteiger partial charge in [-0.3, -0.25) is 23.4 Å². The molecule has 0 saturated carbocycles. The maximum atomic E-state index is 11.8. The van der Waals surface area contributed by atoms with Gasteiger partial charge in [0.25, 0.3) is 5.56 Å². The summed E-state index contributed by atoms with van der Waals surface area (Å²) in [5.74, 6) is 0. The first-order valence-electron chi connectivity index (χ1n) is 7.35. The Hall–Kier alpha value is -1.36. The lowest BCUT2D eigenvalue weighted by molar-refractivity contribution is -0.0106. The zero-order chi connectivity index (χ0) is 19.5. The van der Waals surface area contributed by atoms with Crippen molar-refractivity contribution < 1.29 is 37.0 Å². The summed E-state index contributed by atoms with van der Waals surface area (Å²) in [6.45, 7) is 2.20. The molecule has 1 aliphatic rings. The Labute approximate surface area is 147 Å². The molecule has 2 unspecified atom stereocenters. The number of H-pyrrole nitrogens is 1. The van der Waals surface area contributed by atoms with Crippen molar-refractivity contribution in [1.82, 2.24) is 9.55 Å². The molecule has 4 atom stereocenters. The molecule has 2 rings (SSSR count). The van der Waals surface area contributed by atoms with Crippen LogP contribution in [0.15, 0.2) is 27.9 Å². The van der Waals surface area contributed by atoms with E-state index in [1.807, 2.05) is 0 Å². The molecule has 1 aromatic heterocycles. The molecule has 1 aromatic rings. The monoisotopic (exact) mass is 412 g/mol. The second kappa shape index (κ2) is 8.12. The number of hydrogen-bond acceptors (Lipinski definition) is 8. The summed E-state index contributed by atoms with van der Waals surface area (Å²) in [6, 6.07) is 0. The molecule has 0 bridgehead atoms. The van der Waals surface area contributed by atoms with Crippen LogP contribution in [-0.2, 0) is 27.2 Å². The van der Waals surface area contributed by atoms with Crippen LogP contribution in [0.1, 0.15) is 18.7 Å². The van der Waals surface area contributed by atoms with E-state index in [-0.39, 0.29) is 6.61 Å². The third-order valence-corrected chi connectivity index (χ3v) is 5.84. The van der Waals surface area contributed by atoms with Gasteiger partial charge in [-0.15, -0.1) is 0 Å². The maximum absolute atomic E-state index is 11.8. The minimum Gasteiger partial charge on any atom is -0.344 e. The van der Waals surface area contributed by atoms with Crippen molar-refractivity contribution in [2.24, 2.45) is 0 Å². The first-order valence-corrected chi connectivity index (χ1v) is 10.3. The minimum atomic E-state index is -4.88. The molecule has 1 aliphatic heterocycles. The fourth-order valence-electron chi connectivity index (χ4n) is 2.03. The summed E-state index contributed by atoms with van der Waals surface area (Å²) >= 11 is 0. The number of phosphoric ester groups is 2. The molecule has 26 heavy (non-hydrogen) atoms. The average Bonchev–Trinajstić information content (AvgIpc) is 2.96. The molecule has 0 fully saturated rings. The van der Waals surface area contributed by atoms with Crippen LogP contribution in [0.5, 0.6) is 0 Å². The summed E-state index contributed by atoms with van der Waals surface area (Å²) in [7, 11) is -9.61. The second-order valence-electron chi connectivity index (χ2n) is 5.16. The first kappa shape index (κ1) is 20.9. The smallest absolute Gasteiger partial charge is 0.344 e. The van der Waals surface area contributed by atoms with Crippen LogP contribution in [0.2, 0.25) is 0 Å². The van der Waals surface area contributed by atoms with Crippen molar-refractivity contribution in [1.29, 1.82) is 0 Å². The highest BCUT2D eigenvalue weighted by Crippen LogP contribution is 2.60. The molecular formula is C12H18N2O10P2. The van der Waals surface area contributed by atoms with Crippen LogP contribution >= 0.6 is 15.6 Å². The Morgan fingerprint density at radius 1 is 1.23 bits per heavy atom. The highest BCUT2D eigenvalue weighted by Gasteiger charge is 2.36. The van der Waals surface area contributed by atoms with E-state index in [4.69, 9.17) is 4.74 Å². The summed E-state index contributed by atoms with van der Waals surface area (Å²) in [5.41, 5.74) is -0.913. The van der Waals surface area contributed by atoms with Gasteiger partial charge in [0.1, 0.15) is 6.10 Å². The molecule has 146 valence electrons. The first-order chi connectivity index (χ1) is 12.0. The van der Waals surface area contributed by atoms with E-state index in [1.165, 1.54) is 32.2 Å². The van der Waals surface area contributed by atoms with Gasteiger partial charge in [-0.05, 0) is 19.9 Å². The van der Waals surface area contributed by atoms with E-state index in [2.05, 4.69) is 18.3 Å². The van der Waals surface area contributed by atoms with Crippen LogP contribution in [-0.4, -0.2) is 38.7 Å². The van der Waals surface area contributed by atoms with E-state index >= 15 is 0 Å². The maximum Gasteiger partial charge on any atom is 0.481 e. The molecule has 0 spiro atoms. The predicted octanol–water partition coefficient (Wildman–Crippen LogP) is 0.569. The lowest BCUT2D eigenvalue weighted by Gasteiger charge is -2.18. The summed E-state index contributed by atoms with van der Waals surface area (Å²) in [4.78, 5) is 44.0. The van der Waals surface area contributed by atoms with Crippen molar-refractivity contribution in [2.45, 2.75) is 26.2 Å². The highest BCUT2D eigenvalue weighted by atomic mass is 31.3. The summed E-state index contributed by atoms with van der Waals surface area (Å²) in [5, 5.41) is 0. The molecule has 0 radical (unpaired) electrons. The molecule has 0 aromatic carbocycles. The van der Waals surface area contributed by atoms with Crippen molar-refractivity contribution in [2.75, 3.05) is 13.2 Å². The number of phosphoric acid groups is 2. The van der Waals surface area contributed by atoms with Gasteiger partial charge >= 0.3 is 21.3 Å². The quantitative estimate of drug-likeness (QED) is 0.406. The van der Waals surface area contributed by atoms with E-state index < -0.39 is 45.8 Å². The van der Waals surface area contributed by atoms with Crippen molar-refractivity contribution in [3.63, 3.8) is 0 Å². The molecule has 12 nitrogen and oxygen atoms in total. The van der Waals surface area contributed by atoms with Gasteiger partial charge in [0.15, 0.2) is 6.23 Å². The Morgan fingerprint density at radius 2 is 1.88 bits per heavy atom. The number of aromatic nitrogens is 2. The predicted molar refractivity (Wildman–Crippen MR) is 87.4 cm³/mol. The standard InChI is InChI=1S/C12H18N2O10P2/c1-3-21-25(17,18)24-26(19,20)22-7-9-4-5-10(23-9)14-6-8(2)11(15)13-12(14)16/h4-6,9-10H,3,7H2,1-2H3,(H,17,18)(H,19,20)(H,13,15,16)/t9-,10+/m0/s1. The van der Waals surface area contributed by atoms with E-state index in [1.54, 1.807) is 0 Å². The van der Waals surface area contributed by atoms with Gasteiger partial charge in [-0.1, -0.05) is 6.08 Å². The number of ether oxygens (including phenoxy) is 1. The van der Waals surface area contributed by atoms with E-state index in [0.29, 0.717) is 5.56 Å². The Bertz CT molecular complexity index is 891. The SMILES string of the molecule is CCOP(=O)(O)OP(=O)(O)OC[C@@H]1C=C[C@H](n2cc(C)c(=O)[nH]c2=O)O1. The number of nitrogens with one attached hydrogen (secondary N) is 1. The topological polar surface area (TPSA) is 166 Å². The zero-order valence-corrected chi connectivity index (χ0v) is 15.6. The van der Waals surface area contributed by atoms with Crippen molar-refractivity contribution >= 4 is 15.6 Å². The molecule has 0 aliphatic carbocycles. The minimum absolute atomic E-state index is 0.211. The zero-order valence-electron chi connectivity index (χ0n) is 13.8. The third-order valence-electron chi connectivity index (χ3n) is 3.13. The molecule has 2 heterocycles. The van der Waals surface area contributed by atoms with Gasteiger partial charge in [0.05, 0.1) is 13.2 Å². The van der Waals surface area contributed by atoms with Crippen LogP contribution < -0.4 is 11.2 Å². The molecule has 3 N–H and O–H groups in total. The second-order valence-corrected chi connectivity index (χ2v) is 8.20. The normalized spacial score (nSPS) is 24.3. The fraction of sp³-hybridized carbons (Fsp3) is 0.500. The van der Waals surface area contributed by atoms with Crippen molar-refractivity contribution in [3.05, 3.63) is 44.8 Å². The van der Waals surface area contributed by atoms with Gasteiger partial charge in [0.2, 0.25) is 0 Å². The van der Waals surface area contributed by atoms with E-state index in [9.17, 15) is 28.5 Å². The van der Waals surface area contributed by atoms with Crippen LogP contribution in [0, 0.1) is 6.92 Å².